The predicted octanol–water partition coefficient (Wildman–Crippen LogP) is 3.24. The van der Waals surface area contributed by atoms with Crippen molar-refractivity contribution in [2.45, 2.75) is 19.9 Å². The lowest BCUT2D eigenvalue weighted by Crippen LogP contribution is -2.04. The van der Waals surface area contributed by atoms with Crippen molar-refractivity contribution in [3.05, 3.63) is 38.9 Å². The van der Waals surface area contributed by atoms with Crippen molar-refractivity contribution in [3.8, 4) is 11.4 Å². The molecule has 8 heteroatoms. The number of hydrogen-bond acceptors (Lipinski definition) is 4. The van der Waals surface area contributed by atoms with Gasteiger partial charge in [0, 0.05) is 12.1 Å². The van der Waals surface area contributed by atoms with Gasteiger partial charge in [0.2, 0.25) is 0 Å². The van der Waals surface area contributed by atoms with Crippen LogP contribution in [-0.4, -0.2) is 19.7 Å². The van der Waals surface area contributed by atoms with E-state index in [4.69, 9.17) is 12.2 Å². The minimum absolute atomic E-state index is 0.00385. The SMILES string of the molecule is CC(C)n1c(-c2ccc([N+](=O)[O-])cc2F)n[nH]c1=S. The van der Waals surface area contributed by atoms with E-state index in [2.05, 4.69) is 10.2 Å². The van der Waals surface area contributed by atoms with Crippen LogP contribution in [0.2, 0.25) is 0 Å². The Morgan fingerprint density at radius 2 is 2.21 bits per heavy atom. The van der Waals surface area contributed by atoms with E-state index in [0.29, 0.717) is 10.6 Å². The number of aromatic nitrogens is 3. The summed E-state index contributed by atoms with van der Waals surface area (Å²) in [5.74, 6) is -0.377. The molecule has 0 unspecified atom stereocenters. The van der Waals surface area contributed by atoms with Crippen molar-refractivity contribution in [2.24, 2.45) is 0 Å². The van der Waals surface area contributed by atoms with Gasteiger partial charge in [-0.1, -0.05) is 0 Å². The summed E-state index contributed by atoms with van der Waals surface area (Å²) in [6.07, 6.45) is 0. The number of rotatable bonds is 3. The monoisotopic (exact) mass is 282 g/mol. The van der Waals surface area contributed by atoms with Crippen molar-refractivity contribution >= 4 is 17.9 Å². The second-order valence-corrected chi connectivity index (χ2v) is 4.62. The molecule has 0 radical (unpaired) electrons. The lowest BCUT2D eigenvalue weighted by molar-refractivity contribution is -0.385. The second-order valence-electron chi connectivity index (χ2n) is 4.24. The van der Waals surface area contributed by atoms with E-state index in [1.54, 1.807) is 4.57 Å². The van der Waals surface area contributed by atoms with E-state index in [0.717, 1.165) is 6.07 Å². The average molecular weight is 282 g/mol. The zero-order valence-electron chi connectivity index (χ0n) is 10.3. The first-order chi connectivity index (χ1) is 8.91. The first-order valence-electron chi connectivity index (χ1n) is 5.53. The quantitative estimate of drug-likeness (QED) is 0.532. The summed E-state index contributed by atoms with van der Waals surface area (Å²) in [5, 5.41) is 17.2. The Morgan fingerprint density at radius 1 is 1.53 bits per heavy atom. The normalized spacial score (nSPS) is 10.9. The Morgan fingerprint density at radius 3 is 2.74 bits per heavy atom. The van der Waals surface area contributed by atoms with Crippen LogP contribution in [0.1, 0.15) is 19.9 Å². The molecule has 100 valence electrons. The van der Waals surface area contributed by atoms with Crippen molar-refractivity contribution in [1.29, 1.82) is 0 Å². The van der Waals surface area contributed by atoms with Crippen molar-refractivity contribution in [1.82, 2.24) is 14.8 Å². The molecule has 0 aliphatic heterocycles. The number of nitrogens with zero attached hydrogens (tertiary/aromatic N) is 3. The minimum Gasteiger partial charge on any atom is -0.298 e. The fourth-order valence-corrected chi connectivity index (χ4v) is 2.12. The minimum atomic E-state index is -0.704. The van der Waals surface area contributed by atoms with Gasteiger partial charge in [0.15, 0.2) is 10.6 Å². The molecule has 6 nitrogen and oxygen atoms in total. The third kappa shape index (κ3) is 2.39. The zero-order valence-corrected chi connectivity index (χ0v) is 11.1. The molecule has 1 heterocycles. The Labute approximate surface area is 113 Å². The molecule has 0 bridgehead atoms. The van der Waals surface area contributed by atoms with Gasteiger partial charge in [0.25, 0.3) is 5.69 Å². The number of H-pyrrole nitrogens is 1. The Bertz CT molecular complexity index is 692. The predicted molar refractivity (Wildman–Crippen MR) is 69.8 cm³/mol. The Balaban J connectivity index is 2.60. The number of aromatic amines is 1. The third-order valence-corrected chi connectivity index (χ3v) is 2.91. The summed E-state index contributed by atoms with van der Waals surface area (Å²) < 4.78 is 16.0. The first kappa shape index (κ1) is 13.3. The largest absolute Gasteiger partial charge is 0.298 e. The maximum Gasteiger partial charge on any atom is 0.272 e. The molecule has 1 N–H and O–H groups in total. The molecule has 2 rings (SSSR count). The standard InChI is InChI=1S/C11H11FN4O2S/c1-6(2)15-10(13-14-11(15)19)8-4-3-7(16(17)18)5-9(8)12/h3-6H,1-2H3,(H,14,19). The highest BCUT2D eigenvalue weighted by molar-refractivity contribution is 7.71. The number of nitrogens with one attached hydrogen (secondary N) is 1. The molecule has 0 aliphatic carbocycles. The number of nitro benzene ring substituents is 1. The number of nitro groups is 1. The molecular formula is C11H11FN4O2S. The van der Waals surface area contributed by atoms with Gasteiger partial charge in [-0.05, 0) is 32.1 Å². The molecule has 0 fully saturated rings. The van der Waals surface area contributed by atoms with Crippen molar-refractivity contribution < 1.29 is 9.31 Å². The Kier molecular flexibility index (Phi) is 3.43. The van der Waals surface area contributed by atoms with Gasteiger partial charge >= 0.3 is 0 Å². The van der Waals surface area contributed by atoms with Crippen LogP contribution in [0.4, 0.5) is 10.1 Å². The molecule has 0 amide bonds. The van der Waals surface area contributed by atoms with Gasteiger partial charge in [0.1, 0.15) is 5.82 Å². The van der Waals surface area contributed by atoms with E-state index >= 15 is 0 Å². The summed E-state index contributed by atoms with van der Waals surface area (Å²) in [6.45, 7) is 3.77. The lowest BCUT2D eigenvalue weighted by Gasteiger charge is -2.10. The molecule has 1 aromatic heterocycles. The van der Waals surface area contributed by atoms with Gasteiger partial charge < -0.3 is 0 Å². The maximum absolute atomic E-state index is 13.9. The second kappa shape index (κ2) is 4.88. The van der Waals surface area contributed by atoms with Crippen LogP contribution < -0.4 is 0 Å². The summed E-state index contributed by atoms with van der Waals surface area (Å²) >= 11 is 5.07. The highest BCUT2D eigenvalue weighted by Crippen LogP contribution is 2.26. The number of hydrogen-bond donors (Lipinski definition) is 1. The van der Waals surface area contributed by atoms with Gasteiger partial charge in [0.05, 0.1) is 16.6 Å². The zero-order chi connectivity index (χ0) is 14.2. The van der Waals surface area contributed by atoms with E-state index in [1.807, 2.05) is 13.8 Å². The van der Waals surface area contributed by atoms with Crippen LogP contribution in [0.25, 0.3) is 11.4 Å². The lowest BCUT2D eigenvalue weighted by atomic mass is 10.1. The number of benzene rings is 1. The maximum atomic E-state index is 13.9. The summed E-state index contributed by atoms with van der Waals surface area (Å²) in [6, 6.07) is 3.44. The first-order valence-corrected chi connectivity index (χ1v) is 5.94. The number of non-ortho nitro benzene ring substituents is 1. The molecule has 0 atom stereocenters. The molecule has 0 saturated carbocycles. The fourth-order valence-electron chi connectivity index (χ4n) is 1.77. The fraction of sp³-hybridized carbons (Fsp3) is 0.273. The van der Waals surface area contributed by atoms with Gasteiger partial charge in [-0.2, -0.15) is 5.10 Å². The number of halogens is 1. The molecule has 2 aromatic rings. The summed E-state index contributed by atoms with van der Waals surface area (Å²) in [7, 11) is 0. The van der Waals surface area contributed by atoms with Crippen LogP contribution >= 0.6 is 12.2 Å². The molecule has 0 saturated heterocycles. The molecular weight excluding hydrogens is 271 g/mol. The Hall–Kier alpha value is -2.09. The smallest absolute Gasteiger partial charge is 0.272 e. The van der Waals surface area contributed by atoms with Crippen LogP contribution in [0.5, 0.6) is 0 Å². The van der Waals surface area contributed by atoms with Gasteiger partial charge in [-0.3, -0.25) is 19.8 Å². The highest BCUT2D eigenvalue weighted by atomic mass is 32.1. The van der Waals surface area contributed by atoms with Gasteiger partial charge in [-0.25, -0.2) is 4.39 Å². The molecule has 0 aliphatic rings. The van der Waals surface area contributed by atoms with Crippen molar-refractivity contribution in [2.75, 3.05) is 0 Å². The summed E-state index contributed by atoms with van der Waals surface area (Å²) in [4.78, 5) is 9.93. The molecule has 0 spiro atoms. The highest BCUT2D eigenvalue weighted by Gasteiger charge is 2.18. The van der Waals surface area contributed by atoms with Crippen LogP contribution in [0, 0.1) is 20.7 Å². The van der Waals surface area contributed by atoms with E-state index in [-0.39, 0.29) is 17.3 Å². The molecule has 1 aromatic carbocycles. The third-order valence-electron chi connectivity index (χ3n) is 2.63. The van der Waals surface area contributed by atoms with Crippen LogP contribution in [0.15, 0.2) is 18.2 Å². The molecule has 19 heavy (non-hydrogen) atoms. The van der Waals surface area contributed by atoms with Crippen LogP contribution in [0.3, 0.4) is 0 Å². The van der Waals surface area contributed by atoms with Crippen LogP contribution in [-0.2, 0) is 0 Å². The van der Waals surface area contributed by atoms with E-state index < -0.39 is 10.7 Å². The van der Waals surface area contributed by atoms with E-state index in [9.17, 15) is 14.5 Å². The average Bonchev–Trinajstić information content (AvgIpc) is 2.70. The van der Waals surface area contributed by atoms with Gasteiger partial charge in [-0.15, -0.1) is 0 Å². The topological polar surface area (TPSA) is 76.8 Å². The summed E-state index contributed by atoms with van der Waals surface area (Å²) in [5.41, 5.74) is -0.127. The van der Waals surface area contributed by atoms with E-state index in [1.165, 1.54) is 12.1 Å². The van der Waals surface area contributed by atoms with Crippen molar-refractivity contribution in [3.63, 3.8) is 0 Å².